The van der Waals surface area contributed by atoms with Gasteiger partial charge in [0.2, 0.25) is 0 Å². The van der Waals surface area contributed by atoms with E-state index in [1.165, 1.54) is 0 Å². The van der Waals surface area contributed by atoms with Crippen LogP contribution in [-0.4, -0.2) is 11.2 Å². The lowest BCUT2D eigenvalue weighted by Crippen LogP contribution is -2.02. The fourth-order valence-electron chi connectivity index (χ4n) is 1.20. The molecule has 0 amide bonds. The Hall–Kier alpha value is 0.770. The maximum atomic E-state index is 12.2. The molecule has 0 aliphatic heterocycles. The lowest BCUT2D eigenvalue weighted by atomic mass is 10.2. The number of halogens is 5. The minimum absolute atomic E-state index is 0.0602. The zero-order valence-corrected chi connectivity index (χ0v) is 14.4. The first-order valence-electron chi connectivity index (χ1n) is 5.13. The quantitative estimate of drug-likeness (QED) is 0.334. The van der Waals surface area contributed by atoms with Crippen molar-refractivity contribution in [1.29, 1.82) is 0 Å². The van der Waals surface area contributed by atoms with Crippen molar-refractivity contribution >= 4 is 72.1 Å². The van der Waals surface area contributed by atoms with Crippen molar-refractivity contribution < 1.29 is 4.79 Å². The highest BCUT2D eigenvalue weighted by atomic mass is 35.5. The van der Waals surface area contributed by atoms with Gasteiger partial charge in [-0.25, -0.2) is 0 Å². The van der Waals surface area contributed by atoms with Gasteiger partial charge in [0, 0.05) is 0 Å². The summed E-state index contributed by atoms with van der Waals surface area (Å²) >= 11 is 29.7. The molecule has 1 rings (SSSR count). The molecule has 0 spiro atoms. The number of carbonyl (C=O) groups is 1. The first-order valence-corrected chi connectivity index (χ1v) is 8.10. The molecule has 1 aromatic rings. The minimum Gasteiger partial charge on any atom is -0.289 e. The molecular weight excluding hydrogens is 356 g/mol. The summed E-state index contributed by atoms with van der Waals surface area (Å²) in [5, 5.41) is 0.320. The molecule has 0 saturated carbocycles. The molecule has 1 aromatic carbocycles. The molecule has 18 heavy (non-hydrogen) atoms. The van der Waals surface area contributed by atoms with Crippen LogP contribution in [-0.2, 0) is 0 Å². The zero-order chi connectivity index (χ0) is 14.0. The lowest BCUT2D eigenvalue weighted by Gasteiger charge is -2.13. The summed E-state index contributed by atoms with van der Waals surface area (Å²) < 4.78 is 0. The van der Waals surface area contributed by atoms with Gasteiger partial charge in [-0.05, 0) is 20.7 Å². The van der Waals surface area contributed by atoms with E-state index >= 15 is 0 Å². The highest BCUT2D eigenvalue weighted by molar-refractivity contribution is 7.59. The Balaban J connectivity index is 3.29. The highest BCUT2D eigenvalue weighted by Crippen LogP contribution is 2.46. The molecule has 0 heterocycles. The molecule has 7 heteroatoms. The second-order valence-corrected chi connectivity index (χ2v) is 7.35. The Bertz CT molecular complexity index is 460. The molecule has 1 nitrogen and oxygen atoms in total. The first kappa shape index (κ1) is 16.8. The Morgan fingerprint density at radius 2 is 1.39 bits per heavy atom. The second-order valence-electron chi connectivity index (χ2n) is 3.73. The summed E-state index contributed by atoms with van der Waals surface area (Å²) in [5.74, 6) is 0. The summed E-state index contributed by atoms with van der Waals surface area (Å²) in [6, 6.07) is 0. The molecule has 2 atom stereocenters. The molecule has 0 fully saturated rings. The second kappa shape index (κ2) is 6.97. The summed E-state index contributed by atoms with van der Waals surface area (Å²) in [4.78, 5) is 12.2. The largest absolute Gasteiger partial charge is 0.289 e. The molecular formula is C11H10Cl5OP. The van der Waals surface area contributed by atoms with Gasteiger partial charge in [0.25, 0.3) is 0 Å². The van der Waals surface area contributed by atoms with Gasteiger partial charge < -0.3 is 0 Å². The van der Waals surface area contributed by atoms with Crippen molar-refractivity contribution in [3.8, 4) is 0 Å². The van der Waals surface area contributed by atoms with Gasteiger partial charge in [0.1, 0.15) is 0 Å². The van der Waals surface area contributed by atoms with E-state index in [2.05, 4.69) is 0 Å². The van der Waals surface area contributed by atoms with Crippen molar-refractivity contribution in [2.24, 2.45) is 0 Å². The normalized spacial score (nSPS) is 13.3. The fourth-order valence-corrected chi connectivity index (χ4v) is 3.72. The van der Waals surface area contributed by atoms with E-state index in [0.717, 1.165) is 6.42 Å². The highest BCUT2D eigenvalue weighted by Gasteiger charge is 2.24. The Kier molecular flexibility index (Phi) is 6.52. The molecule has 0 aliphatic rings. The van der Waals surface area contributed by atoms with Crippen LogP contribution in [0.15, 0.2) is 0 Å². The van der Waals surface area contributed by atoms with Gasteiger partial charge in [-0.1, -0.05) is 71.9 Å². The Morgan fingerprint density at radius 3 is 1.78 bits per heavy atom. The van der Waals surface area contributed by atoms with Crippen molar-refractivity contribution in [1.82, 2.24) is 0 Å². The fraction of sp³-hybridized carbons (Fsp3) is 0.364. The zero-order valence-electron chi connectivity index (χ0n) is 9.58. The number of carbonyl (C=O) groups excluding carboxylic acids is 1. The number of hydrogen-bond acceptors (Lipinski definition) is 1. The maximum Gasteiger partial charge on any atom is 0.184 e. The van der Waals surface area contributed by atoms with Crippen LogP contribution in [0.3, 0.4) is 0 Å². The van der Waals surface area contributed by atoms with Crippen molar-refractivity contribution in [3.05, 3.63) is 30.7 Å². The van der Waals surface area contributed by atoms with Gasteiger partial charge in [0.05, 0.1) is 30.7 Å². The smallest absolute Gasteiger partial charge is 0.184 e. The monoisotopic (exact) mass is 364 g/mol. The molecule has 0 saturated heterocycles. The molecule has 0 radical (unpaired) electrons. The van der Waals surface area contributed by atoms with Crippen LogP contribution in [0, 0.1) is 0 Å². The van der Waals surface area contributed by atoms with Crippen molar-refractivity contribution in [3.63, 3.8) is 0 Å². The van der Waals surface area contributed by atoms with Crippen LogP contribution in [0.1, 0.15) is 30.6 Å². The van der Waals surface area contributed by atoms with E-state index < -0.39 is 0 Å². The van der Waals surface area contributed by atoms with E-state index in [4.69, 9.17) is 58.0 Å². The van der Waals surface area contributed by atoms with Crippen LogP contribution in [0.25, 0.3) is 0 Å². The lowest BCUT2D eigenvalue weighted by molar-refractivity contribution is 0.108. The minimum atomic E-state index is -0.153. The summed E-state index contributed by atoms with van der Waals surface area (Å²) in [6.45, 7) is 3.99. The van der Waals surface area contributed by atoms with Crippen LogP contribution in [0.4, 0.5) is 0 Å². The number of rotatable bonds is 4. The van der Waals surface area contributed by atoms with Crippen LogP contribution >= 0.6 is 66.6 Å². The summed E-state index contributed by atoms with van der Waals surface area (Å²) in [7, 11) is 0.0713. The third-order valence-corrected chi connectivity index (χ3v) is 6.12. The van der Waals surface area contributed by atoms with Gasteiger partial charge in [-0.3, -0.25) is 4.79 Å². The van der Waals surface area contributed by atoms with Crippen LogP contribution < -0.4 is 0 Å². The standard InChI is InChI=1S/C11H10Cl5OP/c1-3-4(2)18-11(17)5-6(12)8(14)10(16)9(15)7(5)13/h4,18H,3H2,1-2H3. The first-order chi connectivity index (χ1) is 8.31. The van der Waals surface area contributed by atoms with Gasteiger partial charge in [-0.15, -0.1) is 0 Å². The van der Waals surface area contributed by atoms with Crippen LogP contribution in [0.5, 0.6) is 0 Å². The predicted octanol–water partition coefficient (Wildman–Crippen LogP) is 6.57. The molecule has 0 bridgehead atoms. The third-order valence-electron chi connectivity index (χ3n) is 2.43. The van der Waals surface area contributed by atoms with Crippen molar-refractivity contribution in [2.45, 2.75) is 25.9 Å². The van der Waals surface area contributed by atoms with Gasteiger partial charge in [-0.2, -0.15) is 0 Å². The van der Waals surface area contributed by atoms with E-state index in [1.807, 2.05) is 13.8 Å². The average molecular weight is 366 g/mol. The van der Waals surface area contributed by atoms with E-state index in [9.17, 15) is 4.79 Å². The average Bonchev–Trinajstić information content (AvgIpc) is 2.34. The van der Waals surface area contributed by atoms with Gasteiger partial charge >= 0.3 is 0 Å². The maximum absolute atomic E-state index is 12.2. The third kappa shape index (κ3) is 3.45. The number of benzene rings is 1. The van der Waals surface area contributed by atoms with Crippen LogP contribution in [0.2, 0.25) is 25.1 Å². The molecule has 0 aliphatic carbocycles. The predicted molar refractivity (Wildman–Crippen MR) is 83.9 cm³/mol. The molecule has 100 valence electrons. The van der Waals surface area contributed by atoms with E-state index in [0.29, 0.717) is 0 Å². The SMILES string of the molecule is CCC(C)PC(=O)c1c(Cl)c(Cl)c(Cl)c(Cl)c1Cl. The summed E-state index contributed by atoms with van der Waals surface area (Å²) in [6.07, 6.45) is 0.897. The van der Waals surface area contributed by atoms with Crippen molar-refractivity contribution in [2.75, 3.05) is 0 Å². The van der Waals surface area contributed by atoms with E-state index in [-0.39, 0.29) is 50.4 Å². The van der Waals surface area contributed by atoms with E-state index in [1.54, 1.807) is 0 Å². The Morgan fingerprint density at radius 1 is 1.00 bits per heavy atom. The molecule has 0 N–H and O–H groups in total. The number of hydrogen-bond donors (Lipinski definition) is 0. The molecule has 2 unspecified atom stereocenters. The topological polar surface area (TPSA) is 17.1 Å². The molecule has 0 aromatic heterocycles. The van der Waals surface area contributed by atoms with Gasteiger partial charge in [0.15, 0.2) is 5.52 Å². The summed E-state index contributed by atoms with van der Waals surface area (Å²) in [5.41, 5.74) is 0.272. The Labute approximate surface area is 133 Å².